The molecule has 0 saturated carbocycles. The van der Waals surface area contributed by atoms with Gasteiger partial charge < -0.3 is 14.8 Å². The van der Waals surface area contributed by atoms with E-state index in [1.54, 1.807) is 42.3 Å². The number of hydrogen-bond acceptors (Lipinski definition) is 7. The van der Waals surface area contributed by atoms with Crippen molar-refractivity contribution in [3.8, 4) is 0 Å². The van der Waals surface area contributed by atoms with Crippen molar-refractivity contribution in [1.82, 2.24) is 10.3 Å². The number of carbonyl (C=O) groups excluding carboxylic acids is 1. The SMILES string of the molecule is COC[C@@]1(C)C[C@H]2CSC(NC(=O)c3ccccc3)=N[C@@]2(c2nc(Br)cs2)CO1. The molecular formula is C20H22BrN3O3S2. The van der Waals surface area contributed by atoms with Gasteiger partial charge in [-0.15, -0.1) is 11.3 Å². The Labute approximate surface area is 186 Å². The number of amides is 1. The van der Waals surface area contributed by atoms with Gasteiger partial charge in [0.05, 0.1) is 18.8 Å². The van der Waals surface area contributed by atoms with Crippen molar-refractivity contribution in [2.24, 2.45) is 10.9 Å². The predicted molar refractivity (Wildman–Crippen MR) is 120 cm³/mol. The summed E-state index contributed by atoms with van der Waals surface area (Å²) < 4.78 is 12.5. The van der Waals surface area contributed by atoms with Crippen LogP contribution in [-0.4, -0.2) is 47.7 Å². The minimum Gasteiger partial charge on any atom is -0.382 e. The standard InChI is InChI=1S/C20H22BrN3O3S2/c1-19(11-26-2)8-14-9-29-18(23-16(25)13-6-4-3-5-7-13)24-20(14,12-27-19)17-22-15(21)10-28-17/h3-7,10,14H,8-9,11-12H2,1-2H3,(H,23,24,25)/t14-,19+,20-/m0/s1. The summed E-state index contributed by atoms with van der Waals surface area (Å²) in [5.74, 6) is 0.900. The Hall–Kier alpha value is -1.26. The molecule has 9 heteroatoms. The number of carbonyl (C=O) groups is 1. The molecule has 2 aliphatic heterocycles. The monoisotopic (exact) mass is 495 g/mol. The second-order valence-electron chi connectivity index (χ2n) is 7.52. The number of methoxy groups -OCH3 is 1. The van der Waals surface area contributed by atoms with E-state index in [1.165, 1.54) is 0 Å². The van der Waals surface area contributed by atoms with E-state index in [9.17, 15) is 4.79 Å². The highest BCUT2D eigenvalue weighted by atomic mass is 79.9. The van der Waals surface area contributed by atoms with Crippen LogP contribution < -0.4 is 5.32 Å². The Balaban J connectivity index is 1.65. The number of rotatable bonds is 4. The quantitative estimate of drug-likeness (QED) is 0.691. The number of halogens is 1. The number of fused-ring (bicyclic) bond motifs is 1. The predicted octanol–water partition coefficient (Wildman–Crippen LogP) is 4.08. The van der Waals surface area contributed by atoms with E-state index in [4.69, 9.17) is 14.5 Å². The van der Waals surface area contributed by atoms with Crippen molar-refractivity contribution >= 4 is 50.1 Å². The van der Waals surface area contributed by atoms with Crippen LogP contribution in [0.3, 0.4) is 0 Å². The molecule has 0 unspecified atom stereocenters. The third kappa shape index (κ3) is 4.29. The molecule has 1 saturated heterocycles. The molecule has 4 rings (SSSR count). The van der Waals surface area contributed by atoms with E-state index in [2.05, 4.69) is 33.2 Å². The van der Waals surface area contributed by atoms with Crippen LogP contribution in [0.1, 0.15) is 28.7 Å². The van der Waals surface area contributed by atoms with Gasteiger partial charge >= 0.3 is 0 Å². The van der Waals surface area contributed by atoms with Gasteiger partial charge in [-0.05, 0) is 41.4 Å². The van der Waals surface area contributed by atoms with E-state index in [-0.39, 0.29) is 17.4 Å². The second kappa shape index (κ2) is 8.47. The third-order valence-electron chi connectivity index (χ3n) is 5.27. The van der Waals surface area contributed by atoms with E-state index in [0.717, 1.165) is 21.8 Å². The van der Waals surface area contributed by atoms with E-state index >= 15 is 0 Å². The average molecular weight is 496 g/mol. The molecule has 1 amide bonds. The van der Waals surface area contributed by atoms with Crippen molar-refractivity contribution in [3.63, 3.8) is 0 Å². The Bertz CT molecular complexity index is 923. The summed E-state index contributed by atoms with van der Waals surface area (Å²) in [6, 6.07) is 9.17. The van der Waals surface area contributed by atoms with Crippen LogP contribution in [-0.2, 0) is 15.0 Å². The summed E-state index contributed by atoms with van der Waals surface area (Å²) in [5.41, 5.74) is -0.344. The molecule has 1 aromatic carbocycles. The van der Waals surface area contributed by atoms with Crippen molar-refractivity contribution in [1.29, 1.82) is 0 Å². The Morgan fingerprint density at radius 2 is 2.21 bits per heavy atom. The van der Waals surface area contributed by atoms with Crippen LogP contribution in [0.25, 0.3) is 0 Å². The van der Waals surface area contributed by atoms with Gasteiger partial charge in [-0.25, -0.2) is 9.98 Å². The Morgan fingerprint density at radius 1 is 1.41 bits per heavy atom. The maximum absolute atomic E-state index is 12.6. The fourth-order valence-corrected chi connectivity index (χ4v) is 6.44. The first-order valence-corrected chi connectivity index (χ1v) is 11.9. The molecule has 0 aliphatic carbocycles. The highest BCUT2D eigenvalue weighted by Gasteiger charge is 2.53. The largest absolute Gasteiger partial charge is 0.382 e. The molecule has 1 aromatic heterocycles. The first kappa shape index (κ1) is 21.0. The number of aliphatic imine (C=N–C) groups is 1. The smallest absolute Gasteiger partial charge is 0.257 e. The maximum Gasteiger partial charge on any atom is 0.257 e. The Kier molecular flexibility index (Phi) is 6.13. The zero-order valence-corrected chi connectivity index (χ0v) is 19.4. The summed E-state index contributed by atoms with van der Waals surface area (Å²) in [7, 11) is 1.69. The first-order chi connectivity index (χ1) is 13.9. The fraction of sp³-hybridized carbons (Fsp3) is 0.450. The molecule has 2 aromatic rings. The molecule has 0 bridgehead atoms. The molecule has 6 nitrogen and oxygen atoms in total. The van der Waals surface area contributed by atoms with E-state index < -0.39 is 5.54 Å². The minimum atomic E-state index is -0.603. The number of ether oxygens (including phenoxy) is 2. The minimum absolute atomic E-state index is 0.160. The number of amidine groups is 1. The lowest BCUT2D eigenvalue weighted by atomic mass is 9.76. The molecule has 1 fully saturated rings. The summed E-state index contributed by atoms with van der Waals surface area (Å²) in [6.45, 7) is 3.02. The van der Waals surface area contributed by atoms with Gasteiger partial charge in [0.2, 0.25) is 0 Å². The van der Waals surface area contributed by atoms with Crippen molar-refractivity contribution in [2.75, 3.05) is 26.1 Å². The highest BCUT2D eigenvalue weighted by molar-refractivity contribution is 9.10. The molecule has 154 valence electrons. The molecule has 3 heterocycles. The van der Waals surface area contributed by atoms with Gasteiger partial charge in [0.15, 0.2) is 5.17 Å². The zero-order chi connectivity index (χ0) is 20.5. The van der Waals surface area contributed by atoms with Crippen molar-refractivity contribution in [3.05, 3.63) is 50.9 Å². The maximum atomic E-state index is 12.6. The number of hydrogen-bond donors (Lipinski definition) is 1. The van der Waals surface area contributed by atoms with Crippen molar-refractivity contribution in [2.45, 2.75) is 24.5 Å². The average Bonchev–Trinajstić information content (AvgIpc) is 3.16. The van der Waals surface area contributed by atoms with Gasteiger partial charge in [0.25, 0.3) is 5.91 Å². The lowest BCUT2D eigenvalue weighted by molar-refractivity contribution is -0.147. The van der Waals surface area contributed by atoms with Gasteiger partial charge in [0, 0.05) is 29.7 Å². The Morgan fingerprint density at radius 3 is 2.90 bits per heavy atom. The lowest BCUT2D eigenvalue weighted by Gasteiger charge is -2.48. The van der Waals surface area contributed by atoms with Gasteiger partial charge in [-0.1, -0.05) is 30.0 Å². The highest BCUT2D eigenvalue weighted by Crippen LogP contribution is 2.49. The van der Waals surface area contributed by atoms with Gasteiger partial charge in [-0.3, -0.25) is 4.79 Å². The summed E-state index contributed by atoms with van der Waals surface area (Å²) >= 11 is 6.60. The van der Waals surface area contributed by atoms with Crippen LogP contribution in [0.5, 0.6) is 0 Å². The fourth-order valence-electron chi connectivity index (χ4n) is 3.83. The van der Waals surface area contributed by atoms with Crippen LogP contribution in [0.2, 0.25) is 0 Å². The first-order valence-electron chi connectivity index (χ1n) is 9.28. The molecule has 2 aliphatic rings. The van der Waals surface area contributed by atoms with Crippen LogP contribution in [0.15, 0.2) is 45.3 Å². The molecular weight excluding hydrogens is 474 g/mol. The molecule has 1 N–H and O–H groups in total. The topological polar surface area (TPSA) is 72.8 Å². The van der Waals surface area contributed by atoms with Crippen LogP contribution in [0.4, 0.5) is 0 Å². The number of nitrogens with zero attached hydrogens (tertiary/aromatic N) is 2. The number of thiazole rings is 1. The summed E-state index contributed by atoms with van der Waals surface area (Å²) in [5, 5.41) is 6.45. The third-order valence-corrected chi connectivity index (χ3v) is 8.02. The van der Waals surface area contributed by atoms with Crippen LogP contribution >= 0.6 is 39.0 Å². The van der Waals surface area contributed by atoms with Crippen LogP contribution in [0, 0.1) is 5.92 Å². The van der Waals surface area contributed by atoms with Gasteiger partial charge in [-0.2, -0.15) is 0 Å². The summed E-state index contributed by atoms with van der Waals surface area (Å²) in [4.78, 5) is 22.3. The lowest BCUT2D eigenvalue weighted by Crippen LogP contribution is -2.55. The molecule has 29 heavy (non-hydrogen) atoms. The normalized spacial score (nSPS) is 29.1. The van der Waals surface area contributed by atoms with Gasteiger partial charge in [0.1, 0.15) is 15.1 Å². The second-order valence-corrected chi connectivity index (χ2v) is 10.2. The number of aromatic nitrogens is 1. The van der Waals surface area contributed by atoms with E-state index in [1.807, 2.05) is 23.6 Å². The zero-order valence-electron chi connectivity index (χ0n) is 16.2. The number of nitrogens with one attached hydrogen (secondary N) is 1. The van der Waals surface area contributed by atoms with Crippen molar-refractivity contribution < 1.29 is 14.3 Å². The number of benzene rings is 1. The number of thioether (sulfide) groups is 1. The summed E-state index contributed by atoms with van der Waals surface area (Å²) in [6.07, 6.45) is 0.814. The molecule has 0 spiro atoms. The molecule has 3 atom stereocenters. The molecule has 0 radical (unpaired) electrons. The van der Waals surface area contributed by atoms with E-state index in [0.29, 0.717) is 23.9 Å².